The number of hydrogen-bond acceptors (Lipinski definition) is 3. The van der Waals surface area contributed by atoms with E-state index in [0.29, 0.717) is 13.0 Å². The molecule has 4 nitrogen and oxygen atoms in total. The molecule has 0 radical (unpaired) electrons. The fraction of sp³-hybridized carbons (Fsp3) is 0.632. The standard InChI is InChI=1S/C19H27NO3S/c1-19(12-13-24(22,23)15-19)20(14-16-8-4-2-5-9-16)18(21)17-10-6-3-7-11-17/h2,4-5,8-9,17H,3,6-7,10-15H2,1H3. The van der Waals surface area contributed by atoms with Crippen molar-refractivity contribution in [1.29, 1.82) is 0 Å². The van der Waals surface area contributed by atoms with Crippen LogP contribution in [-0.2, 0) is 21.2 Å². The SMILES string of the molecule is CC1(N(Cc2ccccc2)C(=O)C2CCCCC2)CCS(=O)(=O)C1. The zero-order valence-electron chi connectivity index (χ0n) is 14.4. The second-order valence-corrected chi connectivity index (χ2v) is 9.77. The maximum Gasteiger partial charge on any atom is 0.226 e. The lowest BCUT2D eigenvalue weighted by Crippen LogP contribution is -2.52. The van der Waals surface area contributed by atoms with Crippen molar-refractivity contribution in [3.63, 3.8) is 0 Å². The Hall–Kier alpha value is -1.36. The fourth-order valence-corrected chi connectivity index (χ4v) is 6.22. The van der Waals surface area contributed by atoms with Crippen LogP contribution in [0, 0.1) is 5.92 Å². The Morgan fingerprint density at radius 2 is 1.83 bits per heavy atom. The third-order valence-corrected chi connectivity index (χ3v) is 7.43. The summed E-state index contributed by atoms with van der Waals surface area (Å²) in [6, 6.07) is 9.90. The summed E-state index contributed by atoms with van der Waals surface area (Å²) in [5.74, 6) is 0.485. The van der Waals surface area contributed by atoms with E-state index >= 15 is 0 Å². The first-order valence-corrected chi connectivity index (χ1v) is 10.8. The predicted octanol–water partition coefficient (Wildman–Crippen LogP) is 3.17. The van der Waals surface area contributed by atoms with Crippen molar-refractivity contribution < 1.29 is 13.2 Å². The van der Waals surface area contributed by atoms with Crippen LogP contribution in [0.2, 0.25) is 0 Å². The van der Waals surface area contributed by atoms with Crippen molar-refractivity contribution in [2.24, 2.45) is 5.92 Å². The van der Waals surface area contributed by atoms with Gasteiger partial charge in [0.15, 0.2) is 9.84 Å². The van der Waals surface area contributed by atoms with Crippen LogP contribution in [0.1, 0.15) is 51.0 Å². The van der Waals surface area contributed by atoms with Gasteiger partial charge in [0.1, 0.15) is 0 Å². The molecule has 0 bridgehead atoms. The number of sulfone groups is 1. The number of benzene rings is 1. The Balaban J connectivity index is 1.87. The summed E-state index contributed by atoms with van der Waals surface area (Å²) in [5.41, 5.74) is 0.482. The van der Waals surface area contributed by atoms with Crippen LogP contribution >= 0.6 is 0 Å². The molecule has 1 aliphatic carbocycles. The smallest absolute Gasteiger partial charge is 0.226 e. The summed E-state index contributed by atoms with van der Waals surface area (Å²) in [5, 5.41) is 0. The second-order valence-electron chi connectivity index (χ2n) is 7.58. The van der Waals surface area contributed by atoms with E-state index in [1.807, 2.05) is 42.2 Å². The van der Waals surface area contributed by atoms with Crippen LogP contribution in [0.5, 0.6) is 0 Å². The van der Waals surface area contributed by atoms with Crippen LogP contribution in [-0.4, -0.2) is 36.3 Å². The van der Waals surface area contributed by atoms with Crippen molar-refractivity contribution in [3.8, 4) is 0 Å². The molecular weight excluding hydrogens is 322 g/mol. The Labute approximate surface area is 145 Å². The Morgan fingerprint density at radius 1 is 1.17 bits per heavy atom. The second kappa shape index (κ2) is 6.87. The molecule has 1 aromatic carbocycles. The molecule has 132 valence electrons. The first-order valence-electron chi connectivity index (χ1n) is 8.95. The summed E-state index contributed by atoms with van der Waals surface area (Å²) in [6.45, 7) is 2.45. The fourth-order valence-electron chi connectivity index (χ4n) is 4.08. The van der Waals surface area contributed by atoms with Crippen molar-refractivity contribution in [1.82, 2.24) is 4.90 Å². The molecule has 1 aromatic rings. The molecule has 1 heterocycles. The minimum Gasteiger partial charge on any atom is -0.332 e. The van der Waals surface area contributed by atoms with Crippen molar-refractivity contribution >= 4 is 15.7 Å². The quantitative estimate of drug-likeness (QED) is 0.839. The number of hydrogen-bond donors (Lipinski definition) is 0. The van der Waals surface area contributed by atoms with E-state index in [1.54, 1.807) is 0 Å². The minimum absolute atomic E-state index is 0.0580. The van der Waals surface area contributed by atoms with Crippen LogP contribution in [0.3, 0.4) is 0 Å². The van der Waals surface area contributed by atoms with Crippen molar-refractivity contribution in [2.75, 3.05) is 11.5 Å². The van der Waals surface area contributed by atoms with Gasteiger partial charge in [0.05, 0.1) is 17.0 Å². The number of nitrogens with zero attached hydrogens (tertiary/aromatic N) is 1. The van der Waals surface area contributed by atoms with E-state index in [0.717, 1.165) is 31.2 Å². The molecule has 0 N–H and O–H groups in total. The van der Waals surface area contributed by atoms with Gasteiger partial charge in [-0.3, -0.25) is 4.79 Å². The van der Waals surface area contributed by atoms with Gasteiger partial charge in [0.25, 0.3) is 0 Å². The molecule has 2 fully saturated rings. The van der Waals surface area contributed by atoms with E-state index in [2.05, 4.69) is 0 Å². The highest BCUT2D eigenvalue weighted by Crippen LogP contribution is 2.35. The van der Waals surface area contributed by atoms with Gasteiger partial charge in [-0.15, -0.1) is 0 Å². The third kappa shape index (κ3) is 3.82. The highest BCUT2D eigenvalue weighted by atomic mass is 32.2. The van der Waals surface area contributed by atoms with Gasteiger partial charge in [-0.2, -0.15) is 0 Å². The first-order chi connectivity index (χ1) is 11.4. The average molecular weight is 349 g/mol. The van der Waals surface area contributed by atoms with Gasteiger partial charge < -0.3 is 4.90 Å². The highest BCUT2D eigenvalue weighted by Gasteiger charge is 2.46. The Bertz CT molecular complexity index is 680. The molecule has 1 saturated carbocycles. The summed E-state index contributed by atoms with van der Waals surface area (Å²) in [6.07, 6.45) is 5.82. The molecule has 1 atom stereocenters. The topological polar surface area (TPSA) is 54.5 Å². The number of carbonyl (C=O) groups is 1. The predicted molar refractivity (Wildman–Crippen MR) is 95.2 cm³/mol. The largest absolute Gasteiger partial charge is 0.332 e. The first kappa shape index (κ1) is 17.5. The van der Waals surface area contributed by atoms with Crippen LogP contribution in [0.25, 0.3) is 0 Å². The lowest BCUT2D eigenvalue weighted by Gasteiger charge is -2.40. The number of amides is 1. The zero-order chi connectivity index (χ0) is 17.2. The highest BCUT2D eigenvalue weighted by molar-refractivity contribution is 7.91. The monoisotopic (exact) mass is 349 g/mol. The van der Waals surface area contributed by atoms with Gasteiger partial charge in [0.2, 0.25) is 5.91 Å². The Morgan fingerprint density at radius 3 is 2.42 bits per heavy atom. The summed E-state index contributed by atoms with van der Waals surface area (Å²) in [4.78, 5) is 15.1. The van der Waals surface area contributed by atoms with Gasteiger partial charge >= 0.3 is 0 Å². The summed E-state index contributed by atoms with van der Waals surface area (Å²) < 4.78 is 24.1. The van der Waals surface area contributed by atoms with Gasteiger partial charge in [-0.25, -0.2) is 8.42 Å². The molecule has 1 amide bonds. The lowest BCUT2D eigenvalue weighted by atomic mass is 9.86. The van der Waals surface area contributed by atoms with Crippen molar-refractivity contribution in [2.45, 2.75) is 57.5 Å². The van der Waals surface area contributed by atoms with E-state index in [9.17, 15) is 13.2 Å². The molecule has 1 aliphatic heterocycles. The zero-order valence-corrected chi connectivity index (χ0v) is 15.2. The molecule has 24 heavy (non-hydrogen) atoms. The molecule has 0 spiro atoms. The molecule has 2 aliphatic rings. The van der Waals surface area contributed by atoms with Gasteiger partial charge in [0, 0.05) is 12.5 Å². The summed E-state index contributed by atoms with van der Waals surface area (Å²) >= 11 is 0. The third-order valence-electron chi connectivity index (χ3n) is 5.54. The average Bonchev–Trinajstić information content (AvgIpc) is 2.88. The maximum absolute atomic E-state index is 13.2. The van der Waals surface area contributed by atoms with Gasteiger partial charge in [-0.05, 0) is 31.7 Å². The number of rotatable bonds is 4. The van der Waals surface area contributed by atoms with E-state index in [-0.39, 0.29) is 23.3 Å². The minimum atomic E-state index is -3.05. The maximum atomic E-state index is 13.2. The van der Waals surface area contributed by atoms with Crippen LogP contribution < -0.4 is 0 Å². The van der Waals surface area contributed by atoms with Crippen molar-refractivity contribution in [3.05, 3.63) is 35.9 Å². The lowest BCUT2D eigenvalue weighted by molar-refractivity contribution is -0.142. The van der Waals surface area contributed by atoms with Crippen LogP contribution in [0.15, 0.2) is 30.3 Å². The molecule has 0 aromatic heterocycles. The molecular formula is C19H27NO3S. The summed E-state index contributed by atoms with van der Waals surface area (Å²) in [7, 11) is -3.05. The van der Waals surface area contributed by atoms with Crippen LogP contribution in [0.4, 0.5) is 0 Å². The van der Waals surface area contributed by atoms with E-state index in [4.69, 9.17) is 0 Å². The van der Waals surface area contributed by atoms with E-state index < -0.39 is 15.4 Å². The normalized spacial score (nSPS) is 27.0. The van der Waals surface area contributed by atoms with Gasteiger partial charge in [-0.1, -0.05) is 49.6 Å². The Kier molecular flexibility index (Phi) is 5.00. The molecule has 1 saturated heterocycles. The molecule has 5 heteroatoms. The molecule has 1 unspecified atom stereocenters. The van der Waals surface area contributed by atoms with E-state index in [1.165, 1.54) is 6.42 Å². The molecule has 3 rings (SSSR count). The number of carbonyl (C=O) groups excluding carboxylic acids is 1.